The standard InChI is InChI=1S/C18H25N3O/c1-2-18(22)19-15-6-5-14-9-16-12-21(17(14)10-15)8-7-20(16)11-13-3-4-13/h5-6,10,13,16H,2-4,7-9,11-12H2,1H3,(H,19,22). The summed E-state index contributed by atoms with van der Waals surface area (Å²) in [5.74, 6) is 1.06. The summed E-state index contributed by atoms with van der Waals surface area (Å²) in [7, 11) is 0. The van der Waals surface area contributed by atoms with E-state index < -0.39 is 0 Å². The number of piperazine rings is 1. The van der Waals surface area contributed by atoms with E-state index in [1.807, 2.05) is 6.92 Å². The molecule has 1 N–H and O–H groups in total. The number of benzene rings is 1. The molecule has 4 nitrogen and oxygen atoms in total. The van der Waals surface area contributed by atoms with Crippen molar-refractivity contribution in [2.24, 2.45) is 5.92 Å². The minimum atomic E-state index is 0.0860. The third-order valence-electron chi connectivity index (χ3n) is 5.28. The molecule has 4 heteroatoms. The third kappa shape index (κ3) is 2.72. The molecule has 1 aromatic rings. The van der Waals surface area contributed by atoms with Gasteiger partial charge in [-0.3, -0.25) is 9.69 Å². The van der Waals surface area contributed by atoms with E-state index in [-0.39, 0.29) is 5.91 Å². The first-order chi connectivity index (χ1) is 10.7. The second kappa shape index (κ2) is 5.58. The molecule has 2 fully saturated rings. The molecule has 2 heterocycles. The lowest BCUT2D eigenvalue weighted by atomic mass is 9.94. The topological polar surface area (TPSA) is 35.6 Å². The number of amides is 1. The van der Waals surface area contributed by atoms with Crippen molar-refractivity contribution >= 4 is 17.3 Å². The Balaban J connectivity index is 1.52. The van der Waals surface area contributed by atoms with Gasteiger partial charge in [0.2, 0.25) is 5.91 Å². The van der Waals surface area contributed by atoms with Gasteiger partial charge in [-0.1, -0.05) is 13.0 Å². The number of hydrogen-bond donors (Lipinski definition) is 1. The summed E-state index contributed by atoms with van der Waals surface area (Å²) < 4.78 is 0. The highest BCUT2D eigenvalue weighted by molar-refractivity contribution is 5.91. The molecular weight excluding hydrogens is 274 g/mol. The minimum Gasteiger partial charge on any atom is -0.368 e. The Hall–Kier alpha value is -1.55. The van der Waals surface area contributed by atoms with Gasteiger partial charge in [-0.15, -0.1) is 0 Å². The van der Waals surface area contributed by atoms with Crippen LogP contribution in [-0.4, -0.2) is 43.0 Å². The predicted molar refractivity (Wildman–Crippen MR) is 89.4 cm³/mol. The molecule has 1 saturated carbocycles. The van der Waals surface area contributed by atoms with Crippen LogP contribution in [0.15, 0.2) is 18.2 Å². The predicted octanol–water partition coefficient (Wildman–Crippen LogP) is 2.49. The first kappa shape index (κ1) is 14.1. The second-order valence-corrected chi connectivity index (χ2v) is 6.99. The van der Waals surface area contributed by atoms with Gasteiger partial charge in [0.15, 0.2) is 0 Å². The number of fused-ring (bicyclic) bond motifs is 4. The number of hydrogen-bond acceptors (Lipinski definition) is 3. The van der Waals surface area contributed by atoms with Crippen molar-refractivity contribution in [3.63, 3.8) is 0 Å². The normalized spacial score (nSPS) is 24.0. The summed E-state index contributed by atoms with van der Waals surface area (Å²) in [4.78, 5) is 16.8. The molecule has 2 bridgehead atoms. The van der Waals surface area contributed by atoms with Crippen LogP contribution >= 0.6 is 0 Å². The Morgan fingerprint density at radius 3 is 2.95 bits per heavy atom. The molecule has 1 unspecified atom stereocenters. The Kier molecular flexibility index (Phi) is 3.57. The van der Waals surface area contributed by atoms with Gasteiger partial charge in [0.05, 0.1) is 0 Å². The van der Waals surface area contributed by atoms with Crippen LogP contribution in [0.25, 0.3) is 0 Å². The van der Waals surface area contributed by atoms with Crippen LogP contribution in [-0.2, 0) is 11.2 Å². The average Bonchev–Trinajstić information content (AvgIpc) is 3.34. The molecule has 118 valence electrons. The maximum Gasteiger partial charge on any atom is 0.224 e. The van der Waals surface area contributed by atoms with Crippen LogP contribution in [0.5, 0.6) is 0 Å². The summed E-state index contributed by atoms with van der Waals surface area (Å²) >= 11 is 0. The van der Waals surface area contributed by atoms with Crippen molar-refractivity contribution < 1.29 is 4.79 Å². The van der Waals surface area contributed by atoms with Gasteiger partial charge in [-0.25, -0.2) is 0 Å². The van der Waals surface area contributed by atoms with E-state index in [0.717, 1.165) is 31.1 Å². The lowest BCUT2D eigenvalue weighted by Gasteiger charge is -2.47. The largest absolute Gasteiger partial charge is 0.368 e. The Bertz CT molecular complexity index is 582. The first-order valence-electron chi connectivity index (χ1n) is 8.64. The number of nitrogens with zero attached hydrogens (tertiary/aromatic N) is 2. The lowest BCUT2D eigenvalue weighted by Crippen LogP contribution is -2.57. The first-order valence-corrected chi connectivity index (χ1v) is 8.64. The molecule has 0 aromatic heterocycles. The number of rotatable bonds is 4. The van der Waals surface area contributed by atoms with Crippen molar-refractivity contribution in [1.29, 1.82) is 0 Å². The van der Waals surface area contributed by atoms with E-state index in [0.29, 0.717) is 12.5 Å². The van der Waals surface area contributed by atoms with Gasteiger partial charge in [0.1, 0.15) is 0 Å². The molecular formula is C18H25N3O. The fourth-order valence-electron chi connectivity index (χ4n) is 3.79. The smallest absolute Gasteiger partial charge is 0.224 e. The van der Waals surface area contributed by atoms with Gasteiger partial charge in [-0.2, -0.15) is 0 Å². The summed E-state index contributed by atoms with van der Waals surface area (Å²) in [6, 6.07) is 7.11. The Morgan fingerprint density at radius 2 is 2.18 bits per heavy atom. The summed E-state index contributed by atoms with van der Waals surface area (Å²) in [5.41, 5.74) is 3.70. The molecule has 1 aromatic carbocycles. The molecule has 3 aliphatic rings. The minimum absolute atomic E-state index is 0.0860. The lowest BCUT2D eigenvalue weighted by molar-refractivity contribution is -0.115. The van der Waals surface area contributed by atoms with E-state index in [4.69, 9.17) is 0 Å². The monoisotopic (exact) mass is 299 g/mol. The maximum atomic E-state index is 11.6. The number of carbonyl (C=O) groups excluding carboxylic acids is 1. The quantitative estimate of drug-likeness (QED) is 0.928. The maximum absolute atomic E-state index is 11.6. The average molecular weight is 299 g/mol. The van der Waals surface area contributed by atoms with Gasteiger partial charge in [0.25, 0.3) is 0 Å². The van der Waals surface area contributed by atoms with Crippen molar-refractivity contribution in [2.75, 3.05) is 36.4 Å². The van der Waals surface area contributed by atoms with Crippen LogP contribution in [0.3, 0.4) is 0 Å². The summed E-state index contributed by atoms with van der Waals surface area (Å²) in [6.45, 7) is 6.63. The zero-order valence-corrected chi connectivity index (χ0v) is 13.3. The van der Waals surface area contributed by atoms with E-state index in [9.17, 15) is 4.79 Å². The zero-order valence-electron chi connectivity index (χ0n) is 13.3. The molecule has 22 heavy (non-hydrogen) atoms. The molecule has 4 rings (SSSR count). The van der Waals surface area contributed by atoms with Crippen LogP contribution in [0.1, 0.15) is 31.7 Å². The van der Waals surface area contributed by atoms with Crippen LogP contribution in [0, 0.1) is 5.92 Å². The Labute approximate surface area is 132 Å². The van der Waals surface area contributed by atoms with E-state index in [1.165, 1.54) is 37.2 Å². The summed E-state index contributed by atoms with van der Waals surface area (Å²) in [5, 5.41) is 2.98. The molecule has 0 radical (unpaired) electrons. The van der Waals surface area contributed by atoms with Crippen LogP contribution < -0.4 is 10.2 Å². The molecule has 1 atom stereocenters. The number of nitrogens with one attached hydrogen (secondary N) is 1. The zero-order chi connectivity index (χ0) is 15.1. The van der Waals surface area contributed by atoms with E-state index in [1.54, 1.807) is 0 Å². The van der Waals surface area contributed by atoms with Gasteiger partial charge in [0, 0.05) is 50.0 Å². The summed E-state index contributed by atoms with van der Waals surface area (Å²) in [6.07, 6.45) is 4.55. The fourth-order valence-corrected chi connectivity index (χ4v) is 3.79. The van der Waals surface area contributed by atoms with Gasteiger partial charge < -0.3 is 10.2 Å². The Morgan fingerprint density at radius 1 is 1.32 bits per heavy atom. The third-order valence-corrected chi connectivity index (χ3v) is 5.28. The molecule has 1 saturated heterocycles. The SMILES string of the molecule is CCC(=O)Nc1ccc2c(c1)N1CCN(CC3CC3)C(C2)C1. The number of carbonyl (C=O) groups is 1. The highest BCUT2D eigenvalue weighted by atomic mass is 16.1. The molecule has 2 aliphatic heterocycles. The second-order valence-electron chi connectivity index (χ2n) is 6.99. The van der Waals surface area contributed by atoms with Gasteiger partial charge in [-0.05, 0) is 42.9 Å². The van der Waals surface area contributed by atoms with Crippen molar-refractivity contribution in [2.45, 2.75) is 38.6 Å². The van der Waals surface area contributed by atoms with Crippen molar-refractivity contribution in [1.82, 2.24) is 4.90 Å². The van der Waals surface area contributed by atoms with E-state index >= 15 is 0 Å². The van der Waals surface area contributed by atoms with E-state index in [2.05, 4.69) is 33.3 Å². The fraction of sp³-hybridized carbons (Fsp3) is 0.611. The number of anilines is 2. The van der Waals surface area contributed by atoms with Gasteiger partial charge >= 0.3 is 0 Å². The molecule has 1 amide bonds. The van der Waals surface area contributed by atoms with Crippen LogP contribution in [0.4, 0.5) is 11.4 Å². The molecule has 0 spiro atoms. The van der Waals surface area contributed by atoms with Crippen molar-refractivity contribution in [3.8, 4) is 0 Å². The van der Waals surface area contributed by atoms with Crippen LogP contribution in [0.2, 0.25) is 0 Å². The van der Waals surface area contributed by atoms with Crippen molar-refractivity contribution in [3.05, 3.63) is 23.8 Å². The molecule has 1 aliphatic carbocycles. The highest BCUT2D eigenvalue weighted by Crippen LogP contribution is 2.36. The highest BCUT2D eigenvalue weighted by Gasteiger charge is 2.35.